The minimum atomic E-state index is -0.542. The van der Waals surface area contributed by atoms with Crippen molar-refractivity contribution >= 4 is 27.6 Å². The van der Waals surface area contributed by atoms with Gasteiger partial charge in [0.1, 0.15) is 5.75 Å². The topological polar surface area (TPSA) is 99.4 Å². The van der Waals surface area contributed by atoms with Crippen molar-refractivity contribution in [1.29, 1.82) is 0 Å². The number of nitro benzene ring substituents is 1. The van der Waals surface area contributed by atoms with Gasteiger partial charge in [0, 0.05) is 7.05 Å². The quantitative estimate of drug-likeness (QED) is 0.650. The van der Waals surface area contributed by atoms with Gasteiger partial charge in [-0.15, -0.1) is 0 Å². The van der Waals surface area contributed by atoms with Crippen LogP contribution in [0.5, 0.6) is 17.4 Å². The molecule has 0 aliphatic heterocycles. The zero-order chi connectivity index (χ0) is 15.4. The fourth-order valence-electron chi connectivity index (χ4n) is 1.53. The van der Waals surface area contributed by atoms with Crippen molar-refractivity contribution in [2.75, 3.05) is 19.5 Å². The summed E-state index contributed by atoms with van der Waals surface area (Å²) < 4.78 is 11.0. The van der Waals surface area contributed by atoms with Gasteiger partial charge in [0.05, 0.1) is 28.8 Å². The molecule has 1 heterocycles. The highest BCUT2D eigenvalue weighted by Gasteiger charge is 2.17. The van der Waals surface area contributed by atoms with E-state index in [-0.39, 0.29) is 23.1 Å². The lowest BCUT2D eigenvalue weighted by molar-refractivity contribution is -0.385. The van der Waals surface area contributed by atoms with E-state index in [4.69, 9.17) is 9.47 Å². The third-order valence-corrected chi connectivity index (χ3v) is 3.04. The van der Waals surface area contributed by atoms with Crippen molar-refractivity contribution in [2.24, 2.45) is 0 Å². The second-order valence-corrected chi connectivity index (χ2v) is 4.64. The van der Waals surface area contributed by atoms with Gasteiger partial charge in [-0.05, 0) is 28.1 Å². The largest absolute Gasteiger partial charge is 0.490 e. The van der Waals surface area contributed by atoms with Crippen molar-refractivity contribution < 1.29 is 14.4 Å². The zero-order valence-corrected chi connectivity index (χ0v) is 12.7. The SMILES string of the molecule is CNc1ncc(Br)c(Oc2ccc(OC)c([N+](=O)[O-])c2)n1. The van der Waals surface area contributed by atoms with E-state index >= 15 is 0 Å². The van der Waals surface area contributed by atoms with E-state index in [0.29, 0.717) is 10.4 Å². The monoisotopic (exact) mass is 354 g/mol. The lowest BCUT2D eigenvalue weighted by Crippen LogP contribution is -1.99. The third kappa shape index (κ3) is 3.37. The number of methoxy groups -OCH3 is 1. The van der Waals surface area contributed by atoms with Crippen LogP contribution in [0.4, 0.5) is 11.6 Å². The molecular weight excluding hydrogens is 344 g/mol. The van der Waals surface area contributed by atoms with Crippen molar-refractivity contribution in [2.45, 2.75) is 0 Å². The fraction of sp³-hybridized carbons (Fsp3) is 0.167. The van der Waals surface area contributed by atoms with E-state index in [1.54, 1.807) is 13.1 Å². The van der Waals surface area contributed by atoms with Gasteiger partial charge in [-0.1, -0.05) is 0 Å². The molecule has 0 radical (unpaired) electrons. The number of hydrogen-bond acceptors (Lipinski definition) is 7. The van der Waals surface area contributed by atoms with Crippen molar-refractivity contribution in [3.63, 3.8) is 0 Å². The number of rotatable bonds is 5. The third-order valence-electron chi connectivity index (χ3n) is 2.50. The van der Waals surface area contributed by atoms with Gasteiger partial charge in [-0.3, -0.25) is 10.1 Å². The maximum Gasteiger partial charge on any atom is 0.314 e. The van der Waals surface area contributed by atoms with Crippen LogP contribution >= 0.6 is 15.9 Å². The van der Waals surface area contributed by atoms with Crippen LogP contribution in [0, 0.1) is 10.1 Å². The molecule has 0 saturated heterocycles. The molecule has 1 N–H and O–H groups in total. The molecule has 0 aliphatic carbocycles. The summed E-state index contributed by atoms with van der Waals surface area (Å²) in [4.78, 5) is 18.5. The number of aromatic nitrogens is 2. The number of ether oxygens (including phenoxy) is 2. The Labute approximate surface area is 128 Å². The van der Waals surface area contributed by atoms with Crippen molar-refractivity contribution in [3.8, 4) is 17.4 Å². The Morgan fingerprint density at radius 2 is 2.19 bits per heavy atom. The van der Waals surface area contributed by atoms with Crippen LogP contribution < -0.4 is 14.8 Å². The number of hydrogen-bond donors (Lipinski definition) is 1. The Bertz CT molecular complexity index is 680. The van der Waals surface area contributed by atoms with E-state index < -0.39 is 4.92 Å². The summed E-state index contributed by atoms with van der Waals surface area (Å²) in [6.45, 7) is 0. The van der Waals surface area contributed by atoms with E-state index in [1.807, 2.05) is 0 Å². The summed E-state index contributed by atoms with van der Waals surface area (Å²) in [5.74, 6) is 1.04. The Morgan fingerprint density at radius 3 is 2.81 bits per heavy atom. The molecule has 0 unspecified atom stereocenters. The van der Waals surface area contributed by atoms with Crippen molar-refractivity contribution in [1.82, 2.24) is 9.97 Å². The second-order valence-electron chi connectivity index (χ2n) is 3.79. The smallest absolute Gasteiger partial charge is 0.314 e. The van der Waals surface area contributed by atoms with Crippen LogP contribution in [0.25, 0.3) is 0 Å². The first-order valence-corrected chi connectivity index (χ1v) is 6.55. The van der Waals surface area contributed by atoms with E-state index in [9.17, 15) is 10.1 Å². The summed E-state index contributed by atoms with van der Waals surface area (Å²) in [7, 11) is 3.04. The Hall–Kier alpha value is -2.42. The lowest BCUT2D eigenvalue weighted by Gasteiger charge is -2.09. The first-order chi connectivity index (χ1) is 10.0. The standard InChI is InChI=1S/C12H11BrN4O4/c1-14-12-15-6-8(13)11(16-12)21-7-3-4-10(20-2)9(5-7)17(18)19/h3-6H,1-2H3,(H,14,15,16). The summed E-state index contributed by atoms with van der Waals surface area (Å²) in [6, 6.07) is 4.29. The van der Waals surface area contributed by atoms with Gasteiger partial charge in [-0.25, -0.2) is 4.98 Å². The minimum Gasteiger partial charge on any atom is -0.490 e. The lowest BCUT2D eigenvalue weighted by atomic mass is 10.3. The summed E-state index contributed by atoms with van der Waals surface area (Å²) in [6.07, 6.45) is 1.52. The average molecular weight is 355 g/mol. The second kappa shape index (κ2) is 6.35. The van der Waals surface area contributed by atoms with Crippen molar-refractivity contribution in [3.05, 3.63) is 39.0 Å². The summed E-state index contributed by atoms with van der Waals surface area (Å²) >= 11 is 3.26. The van der Waals surface area contributed by atoms with Gasteiger partial charge >= 0.3 is 5.69 Å². The van der Waals surface area contributed by atoms with Crippen LogP contribution in [0.2, 0.25) is 0 Å². The van der Waals surface area contributed by atoms with E-state index in [0.717, 1.165) is 0 Å². The van der Waals surface area contributed by atoms with Gasteiger partial charge in [0.25, 0.3) is 0 Å². The number of nitrogens with one attached hydrogen (secondary N) is 1. The molecular formula is C12H11BrN4O4. The molecule has 9 heteroatoms. The predicted octanol–water partition coefficient (Wildman–Crippen LogP) is 2.99. The molecule has 0 fully saturated rings. The molecule has 2 rings (SSSR count). The number of benzene rings is 1. The maximum atomic E-state index is 11.0. The Balaban J connectivity index is 2.36. The van der Waals surface area contributed by atoms with Gasteiger partial charge in [0.15, 0.2) is 5.75 Å². The Kier molecular flexibility index (Phi) is 4.53. The molecule has 0 amide bonds. The summed E-state index contributed by atoms with van der Waals surface area (Å²) in [5.41, 5.74) is -0.186. The number of nitro groups is 1. The van der Waals surface area contributed by atoms with Crippen LogP contribution in [0.1, 0.15) is 0 Å². The first kappa shape index (κ1) is 15.0. The average Bonchev–Trinajstić information content (AvgIpc) is 2.49. The normalized spacial score (nSPS) is 10.0. The molecule has 1 aromatic heterocycles. The molecule has 1 aromatic carbocycles. The first-order valence-electron chi connectivity index (χ1n) is 5.75. The van der Waals surface area contributed by atoms with Crippen LogP contribution in [-0.2, 0) is 0 Å². The predicted molar refractivity (Wildman–Crippen MR) is 79.0 cm³/mol. The van der Waals surface area contributed by atoms with E-state index in [2.05, 4.69) is 31.2 Å². The molecule has 21 heavy (non-hydrogen) atoms. The molecule has 0 saturated carbocycles. The Morgan fingerprint density at radius 1 is 1.43 bits per heavy atom. The molecule has 0 atom stereocenters. The number of nitrogens with zero attached hydrogens (tertiary/aromatic N) is 3. The van der Waals surface area contributed by atoms with Gasteiger partial charge in [-0.2, -0.15) is 4.98 Å². The molecule has 0 aliphatic rings. The van der Waals surface area contributed by atoms with Gasteiger partial charge in [0.2, 0.25) is 11.8 Å². The van der Waals surface area contributed by atoms with Crippen LogP contribution in [-0.4, -0.2) is 29.0 Å². The van der Waals surface area contributed by atoms with Crippen LogP contribution in [0.3, 0.4) is 0 Å². The van der Waals surface area contributed by atoms with Crippen LogP contribution in [0.15, 0.2) is 28.9 Å². The number of anilines is 1. The van der Waals surface area contributed by atoms with E-state index in [1.165, 1.54) is 25.4 Å². The highest BCUT2D eigenvalue weighted by molar-refractivity contribution is 9.10. The number of halogens is 1. The highest BCUT2D eigenvalue weighted by Crippen LogP contribution is 2.34. The molecule has 0 bridgehead atoms. The molecule has 8 nitrogen and oxygen atoms in total. The minimum absolute atomic E-state index is 0.157. The molecule has 2 aromatic rings. The molecule has 110 valence electrons. The fourth-order valence-corrected chi connectivity index (χ4v) is 1.80. The summed E-state index contributed by atoms with van der Waals surface area (Å²) in [5, 5.41) is 13.8. The molecule has 0 spiro atoms. The highest BCUT2D eigenvalue weighted by atomic mass is 79.9. The van der Waals surface area contributed by atoms with Gasteiger partial charge < -0.3 is 14.8 Å². The maximum absolute atomic E-state index is 11.0. The zero-order valence-electron chi connectivity index (χ0n) is 11.2.